The summed E-state index contributed by atoms with van der Waals surface area (Å²) in [5.41, 5.74) is 6.75. The lowest BCUT2D eigenvalue weighted by Crippen LogP contribution is -2.43. The summed E-state index contributed by atoms with van der Waals surface area (Å²) in [6, 6.07) is 29.7. The Labute approximate surface area is 384 Å². The molecule has 66 heavy (non-hydrogen) atoms. The van der Waals surface area contributed by atoms with Crippen molar-refractivity contribution in [2.45, 2.75) is 76.4 Å². The topological polar surface area (TPSA) is 175 Å². The average molecular weight is 891 g/mol. The summed E-state index contributed by atoms with van der Waals surface area (Å²) in [5, 5.41) is 8.00. The number of nitrogens with one attached hydrogen (secondary N) is 4. The molecule has 4 unspecified atom stereocenters. The Morgan fingerprint density at radius 2 is 1.33 bits per heavy atom. The quantitative estimate of drug-likeness (QED) is 0.0841. The molecule has 0 aliphatic carbocycles. The number of nitrogens with zero attached hydrogens (tertiary/aromatic N) is 4. The highest BCUT2D eigenvalue weighted by atomic mass is 16.5. The second-order valence-corrected chi connectivity index (χ2v) is 18.0. The van der Waals surface area contributed by atoms with Crippen LogP contribution in [0.2, 0.25) is 0 Å². The molecule has 0 saturated carbocycles. The SMILES string of the molecule is COC(=O)NCC(C)CC(=O)N1CCCC1c1ncc(-c2ccc3cc(-c4ccc(-c5cnc(C6CCCN6C(=O)C(NC(=O)CC6CCOCC6)c6ccccc6)[nH]5)cc4)ccc3c2)[nH]1. The number of benzene rings is 4. The number of fused-ring (bicyclic) bond motifs is 1. The number of likely N-dealkylation sites (tertiary alicyclic amines) is 2. The van der Waals surface area contributed by atoms with Crippen molar-refractivity contribution in [1.82, 2.24) is 40.4 Å². The van der Waals surface area contributed by atoms with Crippen molar-refractivity contribution in [3.63, 3.8) is 0 Å². The Morgan fingerprint density at radius 1 is 0.742 bits per heavy atom. The summed E-state index contributed by atoms with van der Waals surface area (Å²) >= 11 is 0. The minimum absolute atomic E-state index is 0.0242. The minimum atomic E-state index is -0.776. The van der Waals surface area contributed by atoms with Crippen LogP contribution < -0.4 is 10.6 Å². The van der Waals surface area contributed by atoms with E-state index in [1.54, 1.807) is 0 Å². The van der Waals surface area contributed by atoms with Crippen LogP contribution >= 0.6 is 0 Å². The molecule has 342 valence electrons. The maximum atomic E-state index is 14.3. The zero-order valence-corrected chi connectivity index (χ0v) is 37.6. The lowest BCUT2D eigenvalue weighted by Gasteiger charge is -2.29. The Kier molecular flexibility index (Phi) is 13.6. The summed E-state index contributed by atoms with van der Waals surface area (Å²) in [7, 11) is 1.33. The number of aromatic amines is 2. The first-order valence-corrected chi connectivity index (χ1v) is 23.3. The molecule has 9 rings (SSSR count). The van der Waals surface area contributed by atoms with Crippen LogP contribution in [0.3, 0.4) is 0 Å². The fourth-order valence-corrected chi connectivity index (χ4v) is 9.75. The second kappa shape index (κ2) is 20.2. The second-order valence-electron chi connectivity index (χ2n) is 18.0. The molecule has 0 radical (unpaired) electrons. The van der Waals surface area contributed by atoms with E-state index < -0.39 is 12.1 Å². The fourth-order valence-electron chi connectivity index (χ4n) is 9.75. The number of rotatable bonds is 14. The molecule has 3 fully saturated rings. The predicted octanol–water partition coefficient (Wildman–Crippen LogP) is 8.67. The van der Waals surface area contributed by atoms with E-state index in [0.717, 1.165) is 100 Å². The van der Waals surface area contributed by atoms with Gasteiger partial charge in [-0.1, -0.05) is 85.8 Å². The molecular weight excluding hydrogens is 833 g/mol. The van der Waals surface area contributed by atoms with Crippen LogP contribution in [0.4, 0.5) is 4.79 Å². The molecule has 3 aliphatic heterocycles. The first-order valence-electron chi connectivity index (χ1n) is 23.3. The fraction of sp³-hybridized carbons (Fsp3) is 0.385. The molecule has 4 N–H and O–H groups in total. The molecule has 4 atom stereocenters. The van der Waals surface area contributed by atoms with Gasteiger partial charge < -0.3 is 39.9 Å². The molecule has 4 aromatic carbocycles. The zero-order valence-electron chi connectivity index (χ0n) is 37.6. The smallest absolute Gasteiger partial charge is 0.406 e. The highest BCUT2D eigenvalue weighted by Crippen LogP contribution is 2.36. The normalized spacial score (nSPS) is 18.6. The van der Waals surface area contributed by atoms with Gasteiger partial charge in [-0.25, -0.2) is 14.8 Å². The Balaban J connectivity index is 0.840. The first kappa shape index (κ1) is 44.4. The summed E-state index contributed by atoms with van der Waals surface area (Å²) in [4.78, 5) is 72.8. The summed E-state index contributed by atoms with van der Waals surface area (Å²) in [5.74, 6) is 1.58. The van der Waals surface area contributed by atoms with Crippen molar-refractivity contribution in [2.24, 2.45) is 11.8 Å². The van der Waals surface area contributed by atoms with Gasteiger partial charge in [-0.2, -0.15) is 0 Å². The van der Waals surface area contributed by atoms with Gasteiger partial charge in [-0.05, 0) is 95.5 Å². The highest BCUT2D eigenvalue weighted by molar-refractivity contribution is 5.91. The van der Waals surface area contributed by atoms with Crippen molar-refractivity contribution in [2.75, 3.05) is 40.0 Å². The Hall–Kier alpha value is -6.80. The monoisotopic (exact) mass is 890 g/mol. The van der Waals surface area contributed by atoms with Gasteiger partial charge in [0, 0.05) is 51.3 Å². The zero-order chi connectivity index (χ0) is 45.6. The van der Waals surface area contributed by atoms with Gasteiger partial charge in [0.1, 0.15) is 17.7 Å². The molecule has 3 aliphatic rings. The molecule has 6 aromatic rings. The van der Waals surface area contributed by atoms with Crippen LogP contribution in [0.5, 0.6) is 0 Å². The Bertz CT molecular complexity index is 2660. The molecule has 3 saturated heterocycles. The number of carbonyl (C=O) groups excluding carboxylic acids is 4. The number of hydrogen-bond donors (Lipinski definition) is 4. The molecule has 2 aromatic heterocycles. The van der Waals surface area contributed by atoms with Gasteiger partial charge >= 0.3 is 6.09 Å². The van der Waals surface area contributed by atoms with Crippen molar-refractivity contribution in [1.29, 1.82) is 0 Å². The third-order valence-electron chi connectivity index (χ3n) is 13.4. The Morgan fingerprint density at radius 3 is 2.02 bits per heavy atom. The summed E-state index contributed by atoms with van der Waals surface area (Å²) in [6.45, 7) is 4.93. The van der Waals surface area contributed by atoms with Crippen molar-refractivity contribution in [3.8, 4) is 33.6 Å². The number of methoxy groups -OCH3 is 1. The number of hydrogen-bond acceptors (Lipinski definition) is 8. The van der Waals surface area contributed by atoms with Crippen molar-refractivity contribution >= 4 is 34.6 Å². The summed E-state index contributed by atoms with van der Waals surface area (Å²) < 4.78 is 10.1. The maximum absolute atomic E-state index is 14.3. The number of ether oxygens (including phenoxy) is 2. The number of alkyl carbamates (subject to hydrolysis) is 1. The van der Waals surface area contributed by atoms with Gasteiger partial charge in [0.15, 0.2) is 0 Å². The van der Waals surface area contributed by atoms with Crippen LogP contribution in [0.25, 0.3) is 44.4 Å². The van der Waals surface area contributed by atoms with Gasteiger partial charge in [0.05, 0.1) is 43.0 Å². The highest BCUT2D eigenvalue weighted by Gasteiger charge is 2.37. The average Bonchev–Trinajstić information content (AvgIpc) is 4.20. The molecule has 0 bridgehead atoms. The van der Waals surface area contributed by atoms with Crippen LogP contribution in [0.1, 0.15) is 93.6 Å². The standard InChI is InChI=1S/C52H58N8O6/c1-33(30-55-52(64)65-2)26-47(62)59-22-6-10-44(59)49-54-32-43(57-49)41-19-18-39-28-38(16-17-40(39)29-41)35-12-14-36(15-13-35)42-31-53-50(56-42)45-11-7-23-60(45)51(63)48(37-8-4-3-5-9-37)58-46(61)27-34-20-24-66-25-21-34/h3-5,8-9,12-19,28-29,31-34,44-45,48H,6-7,10-11,20-27,30H2,1-2H3,(H,53,56)(H,54,57)(H,55,64)(H,58,61). The van der Waals surface area contributed by atoms with E-state index in [9.17, 15) is 19.2 Å². The largest absolute Gasteiger partial charge is 0.453 e. The number of amides is 4. The van der Waals surface area contributed by atoms with Crippen LogP contribution in [-0.4, -0.2) is 93.5 Å². The number of aromatic nitrogens is 4. The predicted molar refractivity (Wildman–Crippen MR) is 252 cm³/mol. The van der Waals surface area contributed by atoms with Gasteiger partial charge in [0.25, 0.3) is 0 Å². The van der Waals surface area contributed by atoms with E-state index in [1.807, 2.05) is 59.4 Å². The first-order chi connectivity index (χ1) is 32.2. The third kappa shape index (κ3) is 10.0. The number of carbonyl (C=O) groups is 4. The molecule has 14 nitrogen and oxygen atoms in total. The number of imidazole rings is 2. The van der Waals surface area contributed by atoms with Crippen LogP contribution in [-0.2, 0) is 23.9 Å². The van der Waals surface area contributed by atoms with E-state index >= 15 is 0 Å². The van der Waals surface area contributed by atoms with Gasteiger partial charge in [-0.15, -0.1) is 0 Å². The van der Waals surface area contributed by atoms with Crippen LogP contribution in [0.15, 0.2) is 103 Å². The van der Waals surface area contributed by atoms with Gasteiger partial charge in [-0.3, -0.25) is 14.4 Å². The molecular formula is C52H58N8O6. The molecule has 4 amide bonds. The molecule has 0 spiro atoms. The number of H-pyrrole nitrogens is 2. The van der Waals surface area contributed by atoms with E-state index in [-0.39, 0.29) is 41.6 Å². The molecule has 5 heterocycles. The van der Waals surface area contributed by atoms with E-state index in [0.29, 0.717) is 45.7 Å². The maximum Gasteiger partial charge on any atom is 0.406 e. The lowest BCUT2D eigenvalue weighted by atomic mass is 9.95. The van der Waals surface area contributed by atoms with E-state index in [4.69, 9.17) is 14.7 Å². The van der Waals surface area contributed by atoms with Gasteiger partial charge in [0.2, 0.25) is 17.7 Å². The van der Waals surface area contributed by atoms with Crippen LogP contribution in [0, 0.1) is 11.8 Å². The van der Waals surface area contributed by atoms with Crippen molar-refractivity contribution < 1.29 is 28.7 Å². The van der Waals surface area contributed by atoms with E-state index in [1.165, 1.54) is 7.11 Å². The minimum Gasteiger partial charge on any atom is -0.453 e. The molecule has 14 heteroatoms. The lowest BCUT2D eigenvalue weighted by molar-refractivity contribution is -0.138. The van der Waals surface area contributed by atoms with E-state index in [2.05, 4.69) is 86.0 Å². The van der Waals surface area contributed by atoms with Crippen molar-refractivity contribution in [3.05, 3.63) is 121 Å². The third-order valence-corrected chi connectivity index (χ3v) is 13.4. The summed E-state index contributed by atoms with van der Waals surface area (Å²) in [6.07, 6.45) is 8.99.